The lowest BCUT2D eigenvalue weighted by Crippen LogP contribution is -2.44. The molecular weight excluding hydrogens is 275 g/mol. The number of carbonyl (C=O) groups is 1. The van der Waals surface area contributed by atoms with Crippen molar-refractivity contribution in [3.8, 4) is 0 Å². The molecule has 0 bridgehead atoms. The monoisotopic (exact) mass is 288 g/mol. The fraction of sp³-hybridized carbons (Fsp3) is 0.545. The van der Waals surface area contributed by atoms with Crippen LogP contribution in [-0.4, -0.2) is 21.9 Å². The number of amides is 1. The van der Waals surface area contributed by atoms with E-state index < -0.39 is 5.41 Å². The highest BCUT2D eigenvalue weighted by molar-refractivity contribution is 6.38. The topological polar surface area (TPSA) is 80.9 Å². The SMILES string of the molecule is CC1(C(=O)Nc2c(Cl)ncnc2Cl)CCCC1N. The van der Waals surface area contributed by atoms with Gasteiger partial charge in [0.1, 0.15) is 12.0 Å². The lowest BCUT2D eigenvalue weighted by molar-refractivity contribution is -0.125. The molecule has 0 aliphatic heterocycles. The van der Waals surface area contributed by atoms with E-state index in [0.29, 0.717) is 0 Å². The van der Waals surface area contributed by atoms with Crippen molar-refractivity contribution in [3.63, 3.8) is 0 Å². The van der Waals surface area contributed by atoms with Gasteiger partial charge in [0.15, 0.2) is 10.3 Å². The standard InChI is InChI=1S/C11H14Cl2N4O/c1-11(4-2-3-6(11)14)10(18)17-7-8(12)15-5-16-9(7)13/h5-6H,2-4,14H2,1H3,(H,17,18). The second-order valence-electron chi connectivity index (χ2n) is 4.70. The summed E-state index contributed by atoms with van der Waals surface area (Å²) in [6.45, 7) is 1.85. The van der Waals surface area contributed by atoms with Crippen molar-refractivity contribution in [2.75, 3.05) is 5.32 Å². The molecule has 2 atom stereocenters. The van der Waals surface area contributed by atoms with Crippen molar-refractivity contribution in [1.82, 2.24) is 9.97 Å². The van der Waals surface area contributed by atoms with E-state index >= 15 is 0 Å². The second kappa shape index (κ2) is 4.99. The number of anilines is 1. The molecule has 1 aromatic rings. The van der Waals surface area contributed by atoms with Crippen LogP contribution >= 0.6 is 23.2 Å². The maximum absolute atomic E-state index is 12.3. The van der Waals surface area contributed by atoms with Gasteiger partial charge in [0.2, 0.25) is 5.91 Å². The molecule has 0 radical (unpaired) electrons. The third kappa shape index (κ3) is 2.30. The third-order valence-corrected chi connectivity index (χ3v) is 4.11. The van der Waals surface area contributed by atoms with Crippen molar-refractivity contribution in [1.29, 1.82) is 0 Å². The largest absolute Gasteiger partial charge is 0.327 e. The van der Waals surface area contributed by atoms with Gasteiger partial charge in [-0.15, -0.1) is 0 Å². The van der Waals surface area contributed by atoms with Crippen molar-refractivity contribution >= 4 is 34.8 Å². The molecule has 18 heavy (non-hydrogen) atoms. The minimum atomic E-state index is -0.595. The van der Waals surface area contributed by atoms with Gasteiger partial charge in [-0.1, -0.05) is 29.6 Å². The van der Waals surface area contributed by atoms with Gasteiger partial charge in [-0.2, -0.15) is 0 Å². The Hall–Kier alpha value is -0.910. The first kappa shape index (κ1) is 13.5. The number of halogens is 2. The molecule has 1 fully saturated rings. The zero-order valence-corrected chi connectivity index (χ0v) is 11.4. The van der Waals surface area contributed by atoms with Crippen molar-refractivity contribution in [2.24, 2.45) is 11.1 Å². The highest BCUT2D eigenvalue weighted by atomic mass is 35.5. The van der Waals surface area contributed by atoms with Crippen LogP contribution in [0.15, 0.2) is 6.33 Å². The molecule has 2 rings (SSSR count). The van der Waals surface area contributed by atoms with Gasteiger partial charge < -0.3 is 11.1 Å². The fourth-order valence-corrected chi connectivity index (χ4v) is 2.59. The van der Waals surface area contributed by atoms with Crippen molar-refractivity contribution in [2.45, 2.75) is 32.2 Å². The van der Waals surface area contributed by atoms with E-state index in [1.165, 1.54) is 6.33 Å². The van der Waals surface area contributed by atoms with E-state index in [1.54, 1.807) is 0 Å². The smallest absolute Gasteiger partial charge is 0.232 e. The molecule has 2 unspecified atom stereocenters. The summed E-state index contributed by atoms with van der Waals surface area (Å²) in [5.41, 5.74) is 5.63. The summed E-state index contributed by atoms with van der Waals surface area (Å²) in [4.78, 5) is 19.9. The van der Waals surface area contributed by atoms with E-state index in [1.807, 2.05) is 6.92 Å². The summed E-state index contributed by atoms with van der Waals surface area (Å²) < 4.78 is 0. The number of hydrogen-bond donors (Lipinski definition) is 2. The molecule has 98 valence electrons. The lowest BCUT2D eigenvalue weighted by atomic mass is 9.84. The third-order valence-electron chi connectivity index (χ3n) is 3.54. The summed E-state index contributed by atoms with van der Waals surface area (Å²) in [5.74, 6) is -0.189. The maximum atomic E-state index is 12.3. The first-order chi connectivity index (χ1) is 8.45. The van der Waals surface area contributed by atoms with Gasteiger partial charge in [0.25, 0.3) is 0 Å². The molecule has 0 spiro atoms. The molecular formula is C11H14Cl2N4O. The Bertz CT molecular complexity index is 462. The van der Waals surface area contributed by atoms with Crippen LogP contribution in [0.4, 0.5) is 5.69 Å². The molecule has 1 aliphatic carbocycles. The highest BCUT2D eigenvalue weighted by Crippen LogP contribution is 2.38. The molecule has 5 nitrogen and oxygen atoms in total. The second-order valence-corrected chi connectivity index (χ2v) is 5.42. The number of nitrogens with one attached hydrogen (secondary N) is 1. The molecule has 1 amide bonds. The first-order valence-electron chi connectivity index (χ1n) is 5.68. The van der Waals surface area contributed by atoms with Crippen LogP contribution < -0.4 is 11.1 Å². The lowest BCUT2D eigenvalue weighted by Gasteiger charge is -2.27. The molecule has 1 aliphatic rings. The van der Waals surface area contributed by atoms with Gasteiger partial charge in [-0.05, 0) is 19.8 Å². The van der Waals surface area contributed by atoms with Crippen LogP contribution in [0.25, 0.3) is 0 Å². The van der Waals surface area contributed by atoms with E-state index in [9.17, 15) is 4.79 Å². The van der Waals surface area contributed by atoms with Crippen LogP contribution in [0.3, 0.4) is 0 Å². The molecule has 1 heterocycles. The van der Waals surface area contributed by atoms with Crippen LogP contribution in [0.1, 0.15) is 26.2 Å². The van der Waals surface area contributed by atoms with Gasteiger partial charge in [-0.3, -0.25) is 4.79 Å². The van der Waals surface area contributed by atoms with Gasteiger partial charge >= 0.3 is 0 Å². The minimum Gasteiger partial charge on any atom is -0.327 e. The van der Waals surface area contributed by atoms with E-state index in [-0.39, 0.29) is 27.9 Å². The summed E-state index contributed by atoms with van der Waals surface area (Å²) in [5, 5.41) is 2.93. The van der Waals surface area contributed by atoms with E-state index in [0.717, 1.165) is 19.3 Å². The molecule has 7 heteroatoms. The molecule has 0 saturated heterocycles. The zero-order valence-electron chi connectivity index (χ0n) is 9.91. The number of carbonyl (C=O) groups excluding carboxylic acids is 1. The predicted molar refractivity (Wildman–Crippen MR) is 70.6 cm³/mol. The first-order valence-corrected chi connectivity index (χ1v) is 6.44. The average Bonchev–Trinajstić information content (AvgIpc) is 2.66. The summed E-state index contributed by atoms with van der Waals surface area (Å²) in [6, 6.07) is -0.153. The fourth-order valence-electron chi connectivity index (χ4n) is 2.18. The molecule has 1 saturated carbocycles. The Labute approximate surface area is 115 Å². The Morgan fingerprint density at radius 2 is 2.11 bits per heavy atom. The maximum Gasteiger partial charge on any atom is 0.232 e. The van der Waals surface area contributed by atoms with E-state index in [4.69, 9.17) is 28.9 Å². The Kier molecular flexibility index (Phi) is 3.75. The number of rotatable bonds is 2. The number of hydrogen-bond acceptors (Lipinski definition) is 4. The Morgan fingerprint density at radius 1 is 1.50 bits per heavy atom. The van der Waals surface area contributed by atoms with Gasteiger partial charge in [0, 0.05) is 6.04 Å². The number of aromatic nitrogens is 2. The highest BCUT2D eigenvalue weighted by Gasteiger charge is 2.43. The number of nitrogens with zero attached hydrogens (tertiary/aromatic N) is 2. The van der Waals surface area contributed by atoms with Crippen molar-refractivity contribution in [3.05, 3.63) is 16.6 Å². The van der Waals surface area contributed by atoms with Gasteiger partial charge in [-0.25, -0.2) is 9.97 Å². The molecule has 1 aromatic heterocycles. The summed E-state index contributed by atoms with van der Waals surface area (Å²) >= 11 is 11.8. The average molecular weight is 289 g/mol. The number of nitrogens with two attached hydrogens (primary N) is 1. The van der Waals surface area contributed by atoms with Crippen LogP contribution in [0, 0.1) is 5.41 Å². The summed E-state index contributed by atoms with van der Waals surface area (Å²) in [6.07, 6.45) is 3.78. The van der Waals surface area contributed by atoms with Crippen LogP contribution in [-0.2, 0) is 4.79 Å². The minimum absolute atomic E-state index is 0.124. The molecule has 3 N–H and O–H groups in total. The van der Waals surface area contributed by atoms with E-state index in [2.05, 4.69) is 15.3 Å². The Balaban J connectivity index is 2.22. The van der Waals surface area contributed by atoms with Crippen LogP contribution in [0.2, 0.25) is 10.3 Å². The molecule has 0 aromatic carbocycles. The van der Waals surface area contributed by atoms with Gasteiger partial charge in [0.05, 0.1) is 5.41 Å². The van der Waals surface area contributed by atoms with Crippen molar-refractivity contribution < 1.29 is 4.79 Å². The normalized spacial score (nSPS) is 27.2. The quantitative estimate of drug-likeness (QED) is 0.818. The summed E-state index contributed by atoms with van der Waals surface area (Å²) in [7, 11) is 0. The zero-order chi connectivity index (χ0) is 13.3. The predicted octanol–water partition coefficient (Wildman–Crippen LogP) is 2.24. The Morgan fingerprint density at radius 3 is 2.61 bits per heavy atom. The van der Waals surface area contributed by atoms with Crippen LogP contribution in [0.5, 0.6) is 0 Å².